The normalized spacial score (nSPS) is 24.2. The van der Waals surface area contributed by atoms with Gasteiger partial charge in [-0.1, -0.05) is 30.3 Å². The monoisotopic (exact) mass is 305 g/mol. The number of esters is 1. The maximum Gasteiger partial charge on any atom is 0.313 e. The Morgan fingerprint density at radius 3 is 2.64 bits per heavy atom. The first kappa shape index (κ1) is 15.8. The maximum atomic E-state index is 12.2. The van der Waals surface area contributed by atoms with Gasteiger partial charge in [0.25, 0.3) is 0 Å². The molecular weight excluding hydrogens is 286 g/mol. The molecule has 0 bridgehead atoms. The lowest BCUT2D eigenvalue weighted by atomic mass is 9.92. The van der Waals surface area contributed by atoms with E-state index in [1.54, 1.807) is 0 Å². The van der Waals surface area contributed by atoms with Crippen LogP contribution in [-0.2, 0) is 20.9 Å². The van der Waals surface area contributed by atoms with Crippen LogP contribution in [0.25, 0.3) is 0 Å². The third-order valence-corrected chi connectivity index (χ3v) is 3.33. The topological polar surface area (TPSA) is 146 Å². The number of nitrogens with one attached hydrogen (secondary N) is 1. The number of carbonyl (C=O) groups is 2. The minimum Gasteiger partial charge on any atom is -0.460 e. The zero-order valence-corrected chi connectivity index (χ0v) is 11.9. The van der Waals surface area contributed by atoms with Crippen LogP contribution in [0.15, 0.2) is 35.3 Å². The van der Waals surface area contributed by atoms with Gasteiger partial charge in [0, 0.05) is 0 Å². The summed E-state index contributed by atoms with van der Waals surface area (Å²) in [6, 6.07) is 8.46. The number of piperidine rings is 1. The highest BCUT2D eigenvalue weighted by molar-refractivity contribution is 5.86. The van der Waals surface area contributed by atoms with E-state index >= 15 is 0 Å². The molecule has 1 fully saturated rings. The van der Waals surface area contributed by atoms with E-state index in [1.165, 1.54) is 0 Å². The second kappa shape index (κ2) is 6.90. The molecule has 0 spiro atoms. The highest BCUT2D eigenvalue weighted by Gasteiger charge is 2.39. The minimum atomic E-state index is -0.861. The Kier molecular flexibility index (Phi) is 4.95. The highest BCUT2D eigenvalue weighted by Crippen LogP contribution is 2.20. The molecule has 8 heteroatoms. The van der Waals surface area contributed by atoms with Gasteiger partial charge in [-0.05, 0) is 12.0 Å². The minimum absolute atomic E-state index is 0.126. The number of nitrogens with zero attached hydrogens (tertiary/aromatic N) is 1. The van der Waals surface area contributed by atoms with Crippen molar-refractivity contribution in [2.45, 2.75) is 25.2 Å². The number of ether oxygens (including phenoxy) is 1. The Bertz CT molecular complexity index is 571. The zero-order chi connectivity index (χ0) is 16.1. The van der Waals surface area contributed by atoms with Gasteiger partial charge in [0.1, 0.15) is 12.8 Å². The van der Waals surface area contributed by atoms with E-state index in [2.05, 4.69) is 10.3 Å². The summed E-state index contributed by atoms with van der Waals surface area (Å²) in [5, 5.41) is 2.51. The Morgan fingerprint density at radius 2 is 2.00 bits per heavy atom. The number of aliphatic imine (C=N–C) groups is 1. The van der Waals surface area contributed by atoms with Crippen molar-refractivity contribution >= 4 is 17.8 Å². The summed E-state index contributed by atoms with van der Waals surface area (Å²) in [7, 11) is 0. The number of guanidine groups is 1. The largest absolute Gasteiger partial charge is 0.460 e. The van der Waals surface area contributed by atoms with Crippen LogP contribution in [0.2, 0.25) is 0 Å². The average molecular weight is 305 g/mol. The van der Waals surface area contributed by atoms with Gasteiger partial charge in [-0.2, -0.15) is 0 Å². The third kappa shape index (κ3) is 3.95. The van der Waals surface area contributed by atoms with Crippen molar-refractivity contribution in [2.75, 3.05) is 0 Å². The van der Waals surface area contributed by atoms with Gasteiger partial charge in [-0.25, -0.2) is 4.99 Å². The number of nitrogens with two attached hydrogens (primary N) is 3. The van der Waals surface area contributed by atoms with Crippen molar-refractivity contribution in [1.29, 1.82) is 0 Å². The molecule has 7 N–H and O–H groups in total. The van der Waals surface area contributed by atoms with Crippen molar-refractivity contribution in [2.24, 2.45) is 28.1 Å². The lowest BCUT2D eigenvalue weighted by Gasteiger charge is -2.31. The molecule has 0 saturated carbocycles. The second-order valence-electron chi connectivity index (χ2n) is 5.05. The summed E-state index contributed by atoms with van der Waals surface area (Å²) in [5.74, 6) is -1.85. The Hall–Kier alpha value is -2.61. The van der Waals surface area contributed by atoms with Crippen molar-refractivity contribution in [3.8, 4) is 0 Å². The summed E-state index contributed by atoms with van der Waals surface area (Å²) in [6.45, 7) is 0.133. The molecule has 0 radical (unpaired) electrons. The Morgan fingerprint density at radius 1 is 1.32 bits per heavy atom. The van der Waals surface area contributed by atoms with Crippen LogP contribution in [0.1, 0.15) is 12.0 Å². The summed E-state index contributed by atoms with van der Waals surface area (Å²) < 4.78 is 5.27. The molecule has 1 amide bonds. The standard InChI is InChI=1S/C14H19N5O3/c15-10-6-9(11(18-12(10)20)19-14(16)17)13(21)22-7-8-4-2-1-3-5-8/h1-5,9-11H,6-7,15H2,(H,18,20)(H4,16,17,19)/t9?,10-,11?/m0/s1. The zero-order valence-electron chi connectivity index (χ0n) is 11.9. The van der Waals surface area contributed by atoms with Crippen LogP contribution in [0, 0.1) is 5.92 Å². The number of hydrogen-bond acceptors (Lipinski definition) is 5. The van der Waals surface area contributed by atoms with Gasteiger partial charge in [0.05, 0.1) is 12.0 Å². The second-order valence-corrected chi connectivity index (χ2v) is 5.05. The molecule has 3 atom stereocenters. The van der Waals surface area contributed by atoms with E-state index in [0.717, 1.165) is 5.56 Å². The molecule has 0 aliphatic carbocycles. The number of hydrogen-bond donors (Lipinski definition) is 4. The van der Waals surface area contributed by atoms with Gasteiger partial charge in [-0.15, -0.1) is 0 Å². The van der Waals surface area contributed by atoms with Gasteiger partial charge >= 0.3 is 5.97 Å². The number of amides is 1. The van der Waals surface area contributed by atoms with Gasteiger partial charge in [0.15, 0.2) is 5.96 Å². The maximum absolute atomic E-state index is 12.2. The summed E-state index contributed by atoms with van der Waals surface area (Å²) in [6.07, 6.45) is -0.735. The highest BCUT2D eigenvalue weighted by atomic mass is 16.5. The molecule has 1 heterocycles. The van der Waals surface area contributed by atoms with E-state index < -0.39 is 30.0 Å². The van der Waals surface area contributed by atoms with Crippen LogP contribution in [-0.4, -0.2) is 30.0 Å². The Labute approximate surface area is 127 Å². The fourth-order valence-electron chi connectivity index (χ4n) is 2.21. The van der Waals surface area contributed by atoms with E-state index in [-0.39, 0.29) is 19.0 Å². The smallest absolute Gasteiger partial charge is 0.313 e. The molecule has 118 valence electrons. The third-order valence-electron chi connectivity index (χ3n) is 3.33. The Balaban J connectivity index is 2.04. The van der Waals surface area contributed by atoms with Crippen LogP contribution >= 0.6 is 0 Å². The van der Waals surface area contributed by atoms with E-state index in [0.29, 0.717) is 0 Å². The first-order valence-corrected chi connectivity index (χ1v) is 6.82. The fourth-order valence-corrected chi connectivity index (χ4v) is 2.21. The number of benzene rings is 1. The summed E-state index contributed by atoms with van der Waals surface area (Å²) >= 11 is 0. The lowest BCUT2D eigenvalue weighted by molar-refractivity contribution is -0.153. The number of rotatable bonds is 4. The SMILES string of the molecule is NC(N)=NC1NC(=O)[C@@H](N)CC1C(=O)OCc1ccccc1. The van der Waals surface area contributed by atoms with Crippen molar-refractivity contribution in [3.05, 3.63) is 35.9 Å². The van der Waals surface area contributed by atoms with E-state index in [9.17, 15) is 9.59 Å². The number of carbonyl (C=O) groups excluding carboxylic acids is 2. The first-order chi connectivity index (χ1) is 10.5. The van der Waals surface area contributed by atoms with Crippen molar-refractivity contribution < 1.29 is 14.3 Å². The van der Waals surface area contributed by atoms with Crippen molar-refractivity contribution in [3.63, 3.8) is 0 Å². The van der Waals surface area contributed by atoms with Crippen LogP contribution in [0.5, 0.6) is 0 Å². The average Bonchev–Trinajstić information content (AvgIpc) is 2.49. The molecule has 1 aromatic carbocycles. The predicted octanol–water partition coefficient (Wildman–Crippen LogP) is -1.21. The molecule has 1 aromatic rings. The molecule has 0 aromatic heterocycles. The molecule has 1 aliphatic heterocycles. The summed E-state index contributed by atoms with van der Waals surface area (Å²) in [4.78, 5) is 27.7. The molecule has 22 heavy (non-hydrogen) atoms. The quantitative estimate of drug-likeness (QED) is 0.312. The molecular formula is C14H19N5O3. The summed E-state index contributed by atoms with van der Waals surface area (Å²) in [5.41, 5.74) is 17.2. The molecule has 8 nitrogen and oxygen atoms in total. The molecule has 1 aliphatic rings. The van der Waals surface area contributed by atoms with Gasteiger partial charge in [-0.3, -0.25) is 9.59 Å². The van der Waals surface area contributed by atoms with E-state index in [1.807, 2.05) is 30.3 Å². The molecule has 2 rings (SSSR count). The predicted molar refractivity (Wildman–Crippen MR) is 80.1 cm³/mol. The fraction of sp³-hybridized carbons (Fsp3) is 0.357. The molecule has 1 saturated heterocycles. The van der Waals surface area contributed by atoms with Crippen LogP contribution < -0.4 is 22.5 Å². The van der Waals surface area contributed by atoms with E-state index in [4.69, 9.17) is 21.9 Å². The first-order valence-electron chi connectivity index (χ1n) is 6.82. The van der Waals surface area contributed by atoms with Gasteiger partial charge in [0.2, 0.25) is 5.91 Å². The van der Waals surface area contributed by atoms with Gasteiger partial charge < -0.3 is 27.3 Å². The van der Waals surface area contributed by atoms with Crippen molar-refractivity contribution in [1.82, 2.24) is 5.32 Å². The lowest BCUT2D eigenvalue weighted by Crippen LogP contribution is -2.57. The van der Waals surface area contributed by atoms with Crippen LogP contribution in [0.3, 0.4) is 0 Å². The van der Waals surface area contributed by atoms with Crippen LogP contribution in [0.4, 0.5) is 0 Å². The molecule has 2 unspecified atom stereocenters.